The lowest BCUT2D eigenvalue weighted by Gasteiger charge is -2.32. The van der Waals surface area contributed by atoms with Crippen molar-refractivity contribution in [2.45, 2.75) is 32.1 Å². The molecule has 2 aromatic carbocycles. The highest BCUT2D eigenvalue weighted by Crippen LogP contribution is 2.34. The maximum atomic E-state index is 11.2. The summed E-state index contributed by atoms with van der Waals surface area (Å²) in [4.78, 5) is 15.9. The molecule has 2 aromatic rings. The second-order valence-electron chi connectivity index (χ2n) is 8.35. The van der Waals surface area contributed by atoms with Gasteiger partial charge < -0.3 is 19.6 Å². The fraction of sp³-hybridized carbons (Fsp3) is 0.480. The van der Waals surface area contributed by atoms with E-state index < -0.39 is 5.97 Å². The molecule has 0 amide bonds. The van der Waals surface area contributed by atoms with Gasteiger partial charge in [0.2, 0.25) is 0 Å². The third-order valence-corrected chi connectivity index (χ3v) is 6.32. The molecule has 0 radical (unpaired) electrons. The molecule has 160 valence electrons. The molecule has 1 N–H and O–H groups in total. The molecule has 2 aliphatic heterocycles. The minimum atomic E-state index is -0.671. The number of benzene rings is 2. The van der Waals surface area contributed by atoms with Crippen molar-refractivity contribution in [3.63, 3.8) is 0 Å². The van der Waals surface area contributed by atoms with Crippen LogP contribution in [0.3, 0.4) is 0 Å². The maximum absolute atomic E-state index is 11.2. The van der Waals surface area contributed by atoms with Gasteiger partial charge in [-0.1, -0.05) is 36.4 Å². The van der Waals surface area contributed by atoms with Crippen molar-refractivity contribution in [3.8, 4) is 0 Å². The van der Waals surface area contributed by atoms with E-state index in [-0.39, 0.29) is 5.92 Å². The molecule has 30 heavy (non-hydrogen) atoms. The molecule has 1 atom stereocenters. The number of carbonyl (C=O) groups is 1. The number of likely N-dealkylation sites (tertiary alicyclic amines) is 1. The molecular formula is C25H32N2O3. The van der Waals surface area contributed by atoms with Crippen LogP contribution >= 0.6 is 0 Å². The van der Waals surface area contributed by atoms with Crippen LogP contribution in [-0.4, -0.2) is 55.4 Å². The first-order valence-electron chi connectivity index (χ1n) is 11.2. The highest BCUT2D eigenvalue weighted by Gasteiger charge is 2.25. The molecule has 5 heteroatoms. The average molecular weight is 409 g/mol. The molecule has 0 bridgehead atoms. The minimum Gasteiger partial charge on any atom is -0.481 e. The molecular weight excluding hydrogens is 376 g/mol. The Morgan fingerprint density at radius 2 is 1.57 bits per heavy atom. The fourth-order valence-electron chi connectivity index (χ4n) is 4.72. The Morgan fingerprint density at radius 3 is 2.23 bits per heavy atom. The first-order chi connectivity index (χ1) is 14.7. The van der Waals surface area contributed by atoms with Crippen LogP contribution in [-0.2, 0) is 22.4 Å². The van der Waals surface area contributed by atoms with E-state index in [0.29, 0.717) is 19.8 Å². The molecule has 5 nitrogen and oxygen atoms in total. The second kappa shape index (κ2) is 10.1. The van der Waals surface area contributed by atoms with Gasteiger partial charge in [-0.05, 0) is 61.9 Å². The van der Waals surface area contributed by atoms with Gasteiger partial charge in [-0.15, -0.1) is 0 Å². The van der Waals surface area contributed by atoms with Crippen LogP contribution in [0.2, 0.25) is 0 Å². The van der Waals surface area contributed by atoms with Crippen molar-refractivity contribution < 1.29 is 14.6 Å². The number of aliphatic carboxylic acids is 1. The van der Waals surface area contributed by atoms with Crippen LogP contribution in [0.25, 0.3) is 0 Å². The van der Waals surface area contributed by atoms with Gasteiger partial charge >= 0.3 is 5.97 Å². The number of aryl methyl sites for hydroxylation is 2. The molecule has 0 unspecified atom stereocenters. The predicted molar refractivity (Wildman–Crippen MR) is 120 cm³/mol. The Bertz CT molecular complexity index is 806. The summed E-state index contributed by atoms with van der Waals surface area (Å²) in [6.45, 7) is 4.52. The third-order valence-electron chi connectivity index (χ3n) is 6.32. The van der Waals surface area contributed by atoms with Gasteiger partial charge in [0.05, 0.1) is 19.1 Å². The Balaban J connectivity index is 1.36. The summed E-state index contributed by atoms with van der Waals surface area (Å²) in [6.07, 6.45) is 5.12. The van der Waals surface area contributed by atoms with E-state index in [1.807, 2.05) is 0 Å². The van der Waals surface area contributed by atoms with E-state index in [1.165, 1.54) is 28.9 Å². The number of para-hydroxylation sites is 2. The highest BCUT2D eigenvalue weighted by molar-refractivity contribution is 5.70. The van der Waals surface area contributed by atoms with Gasteiger partial charge in [-0.25, -0.2) is 0 Å². The van der Waals surface area contributed by atoms with Gasteiger partial charge in [0.15, 0.2) is 0 Å². The lowest BCUT2D eigenvalue weighted by Crippen LogP contribution is -2.40. The summed E-state index contributed by atoms with van der Waals surface area (Å²) in [7, 11) is 0. The topological polar surface area (TPSA) is 53.0 Å². The number of anilines is 2. The van der Waals surface area contributed by atoms with Crippen molar-refractivity contribution in [2.24, 2.45) is 5.92 Å². The molecule has 0 aliphatic carbocycles. The van der Waals surface area contributed by atoms with Crippen LogP contribution < -0.4 is 4.90 Å². The van der Waals surface area contributed by atoms with Gasteiger partial charge in [-0.3, -0.25) is 4.79 Å². The summed E-state index contributed by atoms with van der Waals surface area (Å²) in [5, 5.41) is 9.25. The summed E-state index contributed by atoms with van der Waals surface area (Å²) in [6, 6.07) is 17.4. The standard InChI is InChI=1S/C25H32N2O3/c28-25(29)22-11-6-14-26(19-22)15-17-30-18-16-27-23-12-3-1-7-20(23)9-5-10-21-8-2-4-13-24(21)27/h1-4,7-8,12-13,22H,5-6,9-11,14-19H2,(H,28,29)/t22-/m1/s1. The Labute approximate surface area is 179 Å². The average Bonchev–Trinajstić information content (AvgIpc) is 2.76. The van der Waals surface area contributed by atoms with Crippen LogP contribution in [0.5, 0.6) is 0 Å². The Kier molecular flexibility index (Phi) is 7.03. The van der Waals surface area contributed by atoms with E-state index in [9.17, 15) is 9.90 Å². The maximum Gasteiger partial charge on any atom is 0.307 e. The molecule has 1 saturated heterocycles. The number of ether oxygens (including phenoxy) is 1. The van der Waals surface area contributed by atoms with Crippen molar-refractivity contribution in [2.75, 3.05) is 44.3 Å². The van der Waals surface area contributed by atoms with Crippen molar-refractivity contribution in [3.05, 3.63) is 59.7 Å². The van der Waals surface area contributed by atoms with Gasteiger partial charge in [0, 0.05) is 31.0 Å². The minimum absolute atomic E-state index is 0.229. The number of rotatable bonds is 7. The van der Waals surface area contributed by atoms with E-state index >= 15 is 0 Å². The van der Waals surface area contributed by atoms with Gasteiger partial charge in [-0.2, -0.15) is 0 Å². The van der Waals surface area contributed by atoms with Gasteiger partial charge in [0.1, 0.15) is 0 Å². The third kappa shape index (κ3) is 5.02. The molecule has 0 spiro atoms. The number of carboxylic acid groups (broad SMARTS) is 1. The normalized spacial score (nSPS) is 19.5. The van der Waals surface area contributed by atoms with E-state index in [1.54, 1.807) is 0 Å². The van der Waals surface area contributed by atoms with Crippen molar-refractivity contribution in [1.82, 2.24) is 4.90 Å². The Morgan fingerprint density at radius 1 is 0.933 bits per heavy atom. The van der Waals surface area contributed by atoms with Crippen molar-refractivity contribution in [1.29, 1.82) is 0 Å². The number of nitrogens with zero attached hydrogens (tertiary/aromatic N) is 2. The van der Waals surface area contributed by atoms with E-state index in [0.717, 1.165) is 45.3 Å². The quantitative estimate of drug-likeness (QED) is 0.698. The van der Waals surface area contributed by atoms with Crippen LogP contribution in [0.1, 0.15) is 30.4 Å². The number of carboxylic acids is 1. The van der Waals surface area contributed by atoms with Crippen LogP contribution in [0, 0.1) is 5.92 Å². The zero-order chi connectivity index (χ0) is 20.8. The summed E-state index contributed by atoms with van der Waals surface area (Å²) < 4.78 is 6.01. The molecule has 0 aromatic heterocycles. The van der Waals surface area contributed by atoms with Gasteiger partial charge in [0.25, 0.3) is 0 Å². The number of fused-ring (bicyclic) bond motifs is 2. The summed E-state index contributed by atoms with van der Waals surface area (Å²) in [5.41, 5.74) is 5.38. The number of piperidine rings is 1. The number of hydrogen-bond donors (Lipinski definition) is 1. The zero-order valence-electron chi connectivity index (χ0n) is 17.6. The molecule has 1 fully saturated rings. The largest absolute Gasteiger partial charge is 0.481 e. The SMILES string of the molecule is O=C(O)[C@@H]1CCCN(CCOCCN2c3ccccc3CCCc3ccccc32)C1. The molecule has 4 rings (SSSR count). The summed E-state index contributed by atoms with van der Waals surface area (Å²) in [5.74, 6) is -0.900. The zero-order valence-corrected chi connectivity index (χ0v) is 17.6. The highest BCUT2D eigenvalue weighted by atomic mass is 16.5. The molecule has 2 aliphatic rings. The fourth-order valence-corrected chi connectivity index (χ4v) is 4.72. The smallest absolute Gasteiger partial charge is 0.307 e. The lowest BCUT2D eigenvalue weighted by atomic mass is 9.97. The van der Waals surface area contributed by atoms with Crippen molar-refractivity contribution >= 4 is 17.3 Å². The second-order valence-corrected chi connectivity index (χ2v) is 8.35. The molecule has 0 saturated carbocycles. The Hall–Kier alpha value is -2.37. The van der Waals surface area contributed by atoms with E-state index in [2.05, 4.69) is 58.3 Å². The molecule has 2 heterocycles. The monoisotopic (exact) mass is 408 g/mol. The first kappa shape index (κ1) is 20.9. The lowest BCUT2D eigenvalue weighted by molar-refractivity contribution is -0.143. The van der Waals surface area contributed by atoms with E-state index in [4.69, 9.17) is 4.74 Å². The van der Waals surface area contributed by atoms with Crippen LogP contribution in [0.15, 0.2) is 48.5 Å². The predicted octanol–water partition coefficient (Wildman–Crippen LogP) is 4.13. The van der Waals surface area contributed by atoms with Crippen LogP contribution in [0.4, 0.5) is 11.4 Å². The first-order valence-corrected chi connectivity index (χ1v) is 11.2. The summed E-state index contributed by atoms with van der Waals surface area (Å²) >= 11 is 0. The number of hydrogen-bond acceptors (Lipinski definition) is 4.